The number of nitrogens with zero attached hydrogens (tertiary/aromatic N) is 4. The normalized spacial score (nSPS) is 15.9. The van der Waals surface area contributed by atoms with Gasteiger partial charge in [0.15, 0.2) is 0 Å². The van der Waals surface area contributed by atoms with Crippen molar-refractivity contribution in [3.63, 3.8) is 0 Å². The molecule has 0 atom stereocenters. The topological polar surface area (TPSA) is 59.9 Å². The quantitative estimate of drug-likeness (QED) is 0.837. The Morgan fingerprint density at radius 3 is 2.41 bits per heavy atom. The maximum atomic E-state index is 12.3. The minimum atomic E-state index is 0.0387. The molecule has 0 aromatic carbocycles. The molecule has 6 nitrogen and oxygen atoms in total. The van der Waals surface area contributed by atoms with Crippen LogP contribution in [0.25, 0.3) is 0 Å². The SMILES string of the molecule is CCN(CC)C(=O)c1ccc(N2CCN(CCO)CC2)nc1. The van der Waals surface area contributed by atoms with Crippen molar-refractivity contribution in [2.75, 3.05) is 57.3 Å². The van der Waals surface area contributed by atoms with E-state index in [-0.39, 0.29) is 12.5 Å². The Morgan fingerprint density at radius 2 is 1.91 bits per heavy atom. The first-order valence-electron chi connectivity index (χ1n) is 8.03. The summed E-state index contributed by atoms with van der Waals surface area (Å²) in [4.78, 5) is 23.0. The highest BCUT2D eigenvalue weighted by Crippen LogP contribution is 2.15. The van der Waals surface area contributed by atoms with Crippen molar-refractivity contribution in [1.29, 1.82) is 0 Å². The Bertz CT molecular complexity index is 466. The number of aliphatic hydroxyl groups excluding tert-OH is 1. The third-order valence-corrected chi connectivity index (χ3v) is 4.16. The molecule has 22 heavy (non-hydrogen) atoms. The van der Waals surface area contributed by atoms with Crippen LogP contribution in [0.3, 0.4) is 0 Å². The van der Waals surface area contributed by atoms with Crippen molar-refractivity contribution in [1.82, 2.24) is 14.8 Å². The van der Waals surface area contributed by atoms with Crippen molar-refractivity contribution >= 4 is 11.7 Å². The van der Waals surface area contributed by atoms with E-state index < -0.39 is 0 Å². The number of hydrogen-bond donors (Lipinski definition) is 1. The van der Waals surface area contributed by atoms with Gasteiger partial charge in [0.05, 0.1) is 12.2 Å². The lowest BCUT2D eigenvalue weighted by Crippen LogP contribution is -2.47. The minimum absolute atomic E-state index is 0.0387. The van der Waals surface area contributed by atoms with Crippen LogP contribution in [0.15, 0.2) is 18.3 Å². The molecule has 2 rings (SSSR count). The van der Waals surface area contributed by atoms with Crippen LogP contribution in [0.1, 0.15) is 24.2 Å². The summed E-state index contributed by atoms with van der Waals surface area (Å²) in [6.07, 6.45) is 1.68. The molecule has 0 aliphatic carbocycles. The second kappa shape index (κ2) is 8.10. The summed E-state index contributed by atoms with van der Waals surface area (Å²) in [5.41, 5.74) is 0.645. The van der Waals surface area contributed by atoms with Crippen LogP contribution in [0.2, 0.25) is 0 Å². The van der Waals surface area contributed by atoms with Crippen molar-refractivity contribution < 1.29 is 9.90 Å². The van der Waals surface area contributed by atoms with E-state index in [1.165, 1.54) is 0 Å². The molecule has 0 unspecified atom stereocenters. The standard InChI is InChI=1S/C16H26N4O2/c1-3-19(4-2)16(22)14-5-6-15(17-13-14)20-9-7-18(8-10-20)11-12-21/h5-6,13,21H,3-4,7-12H2,1-2H3. The number of amides is 1. The number of β-amino-alcohol motifs (C(OH)–C–C–N with tert-alkyl or cyclic N) is 1. The van der Waals surface area contributed by atoms with Crippen LogP contribution in [0.4, 0.5) is 5.82 Å². The Labute approximate surface area is 132 Å². The van der Waals surface area contributed by atoms with Crippen molar-refractivity contribution in [2.24, 2.45) is 0 Å². The minimum Gasteiger partial charge on any atom is -0.395 e. The van der Waals surface area contributed by atoms with Gasteiger partial charge in [-0.25, -0.2) is 4.98 Å². The lowest BCUT2D eigenvalue weighted by molar-refractivity contribution is 0.0772. The van der Waals surface area contributed by atoms with Gasteiger partial charge in [0.2, 0.25) is 0 Å². The molecule has 1 aromatic heterocycles. The number of piperazine rings is 1. The van der Waals surface area contributed by atoms with E-state index in [4.69, 9.17) is 5.11 Å². The van der Waals surface area contributed by atoms with Gasteiger partial charge in [0, 0.05) is 52.0 Å². The predicted octanol–water partition coefficient (Wildman–Crippen LogP) is 0.678. The monoisotopic (exact) mass is 306 g/mol. The highest BCUT2D eigenvalue weighted by Gasteiger charge is 2.18. The van der Waals surface area contributed by atoms with E-state index in [0.717, 1.165) is 38.5 Å². The number of anilines is 1. The highest BCUT2D eigenvalue weighted by molar-refractivity contribution is 5.94. The van der Waals surface area contributed by atoms with Crippen LogP contribution in [-0.2, 0) is 0 Å². The van der Waals surface area contributed by atoms with Crippen molar-refractivity contribution in [3.8, 4) is 0 Å². The lowest BCUT2D eigenvalue weighted by Gasteiger charge is -2.35. The van der Waals surface area contributed by atoms with E-state index >= 15 is 0 Å². The van der Waals surface area contributed by atoms with Crippen LogP contribution >= 0.6 is 0 Å². The van der Waals surface area contributed by atoms with Crippen LogP contribution in [0.5, 0.6) is 0 Å². The van der Waals surface area contributed by atoms with Crippen LogP contribution < -0.4 is 4.90 Å². The lowest BCUT2D eigenvalue weighted by atomic mass is 10.2. The maximum absolute atomic E-state index is 12.3. The fourth-order valence-corrected chi connectivity index (χ4v) is 2.74. The summed E-state index contributed by atoms with van der Waals surface area (Å²) in [5, 5.41) is 8.97. The number of carbonyl (C=O) groups excluding carboxylic acids is 1. The molecule has 0 saturated carbocycles. The molecule has 2 heterocycles. The number of hydrogen-bond acceptors (Lipinski definition) is 5. The van der Waals surface area contributed by atoms with E-state index in [1.54, 1.807) is 11.1 Å². The summed E-state index contributed by atoms with van der Waals surface area (Å²) in [7, 11) is 0. The van der Waals surface area contributed by atoms with Crippen molar-refractivity contribution in [2.45, 2.75) is 13.8 Å². The number of carbonyl (C=O) groups is 1. The van der Waals surface area contributed by atoms with Gasteiger partial charge in [-0.05, 0) is 26.0 Å². The molecule has 0 spiro atoms. The maximum Gasteiger partial charge on any atom is 0.255 e. The molecule has 6 heteroatoms. The molecule has 1 fully saturated rings. The molecule has 1 amide bonds. The summed E-state index contributed by atoms with van der Waals surface area (Å²) in [6, 6.07) is 3.79. The highest BCUT2D eigenvalue weighted by atomic mass is 16.3. The molecular formula is C16H26N4O2. The molecule has 122 valence electrons. The Hall–Kier alpha value is -1.66. The molecule has 1 saturated heterocycles. The number of rotatable bonds is 6. The third kappa shape index (κ3) is 3.96. The second-order valence-corrected chi connectivity index (χ2v) is 5.43. The molecule has 1 aliphatic rings. The first kappa shape index (κ1) is 16.7. The van der Waals surface area contributed by atoms with Crippen molar-refractivity contribution in [3.05, 3.63) is 23.9 Å². The Morgan fingerprint density at radius 1 is 1.23 bits per heavy atom. The first-order valence-corrected chi connectivity index (χ1v) is 8.03. The predicted molar refractivity (Wildman–Crippen MR) is 87.2 cm³/mol. The molecule has 0 bridgehead atoms. The smallest absolute Gasteiger partial charge is 0.255 e. The molecule has 1 aliphatic heterocycles. The number of pyridine rings is 1. The van der Waals surface area contributed by atoms with Gasteiger partial charge < -0.3 is 14.9 Å². The Kier molecular flexibility index (Phi) is 6.15. The Balaban J connectivity index is 1.96. The van der Waals surface area contributed by atoms with Gasteiger partial charge in [0.1, 0.15) is 5.82 Å². The van der Waals surface area contributed by atoms with Crippen LogP contribution in [0, 0.1) is 0 Å². The average Bonchev–Trinajstić information content (AvgIpc) is 2.57. The van der Waals surface area contributed by atoms with E-state index in [2.05, 4.69) is 14.8 Å². The van der Waals surface area contributed by atoms with Gasteiger partial charge >= 0.3 is 0 Å². The average molecular weight is 306 g/mol. The second-order valence-electron chi connectivity index (χ2n) is 5.43. The number of aromatic nitrogens is 1. The van der Waals surface area contributed by atoms with Gasteiger partial charge in [-0.3, -0.25) is 9.69 Å². The van der Waals surface area contributed by atoms with Gasteiger partial charge in [0.25, 0.3) is 5.91 Å². The molecule has 1 N–H and O–H groups in total. The molecule has 1 aromatic rings. The summed E-state index contributed by atoms with van der Waals surface area (Å²) < 4.78 is 0. The molecule has 0 radical (unpaired) electrons. The van der Waals surface area contributed by atoms with Gasteiger partial charge in [-0.15, -0.1) is 0 Å². The van der Waals surface area contributed by atoms with E-state index in [9.17, 15) is 4.79 Å². The largest absolute Gasteiger partial charge is 0.395 e. The van der Waals surface area contributed by atoms with E-state index in [0.29, 0.717) is 18.7 Å². The van der Waals surface area contributed by atoms with Crippen LogP contribution in [-0.4, -0.2) is 78.2 Å². The third-order valence-electron chi connectivity index (χ3n) is 4.16. The zero-order valence-corrected chi connectivity index (χ0v) is 13.5. The number of aliphatic hydroxyl groups is 1. The summed E-state index contributed by atoms with van der Waals surface area (Å²) in [6.45, 7) is 9.99. The van der Waals surface area contributed by atoms with Gasteiger partial charge in [-0.1, -0.05) is 0 Å². The zero-order chi connectivity index (χ0) is 15.9. The summed E-state index contributed by atoms with van der Waals surface area (Å²) >= 11 is 0. The molecular weight excluding hydrogens is 280 g/mol. The fourth-order valence-electron chi connectivity index (χ4n) is 2.74. The zero-order valence-electron chi connectivity index (χ0n) is 13.5. The van der Waals surface area contributed by atoms with E-state index in [1.807, 2.05) is 26.0 Å². The van der Waals surface area contributed by atoms with Gasteiger partial charge in [-0.2, -0.15) is 0 Å². The fraction of sp³-hybridized carbons (Fsp3) is 0.625. The first-order chi connectivity index (χ1) is 10.7. The summed E-state index contributed by atoms with van der Waals surface area (Å²) in [5.74, 6) is 0.955.